The van der Waals surface area contributed by atoms with E-state index in [1.54, 1.807) is 42.5 Å². The second-order valence-electron chi connectivity index (χ2n) is 8.69. The molecule has 5 heteroatoms. The summed E-state index contributed by atoms with van der Waals surface area (Å²) in [5.41, 5.74) is 5.61. The van der Waals surface area contributed by atoms with Gasteiger partial charge in [-0.25, -0.2) is 4.79 Å². The van der Waals surface area contributed by atoms with Crippen molar-refractivity contribution < 1.29 is 19.1 Å². The number of nitrogens with zero attached hydrogens (tertiary/aromatic N) is 1. The van der Waals surface area contributed by atoms with Crippen LogP contribution in [-0.4, -0.2) is 30.6 Å². The molecule has 0 bridgehead atoms. The minimum absolute atomic E-state index is 0.115. The fourth-order valence-corrected chi connectivity index (χ4v) is 5.16. The highest BCUT2D eigenvalue weighted by Crippen LogP contribution is 2.31. The molecular weight excluding hydrogens is 426 g/mol. The molecule has 0 saturated heterocycles. The van der Waals surface area contributed by atoms with Crippen LogP contribution in [0.2, 0.25) is 0 Å². The zero-order chi connectivity index (χ0) is 24.1. The Morgan fingerprint density at radius 3 is 1.91 bits per heavy atom. The predicted molar refractivity (Wildman–Crippen MR) is 132 cm³/mol. The molecule has 5 nitrogen and oxygen atoms in total. The number of rotatable bonds is 4. The summed E-state index contributed by atoms with van der Waals surface area (Å²) in [6.07, 6.45) is 0. The van der Waals surface area contributed by atoms with E-state index in [2.05, 4.69) is 32.6 Å². The van der Waals surface area contributed by atoms with Gasteiger partial charge in [-0.2, -0.15) is 0 Å². The number of esters is 1. The Balaban J connectivity index is 1.67. The first-order valence-corrected chi connectivity index (χ1v) is 11.5. The largest absolute Gasteiger partial charge is 0.422 e. The number of benzene rings is 3. The van der Waals surface area contributed by atoms with Gasteiger partial charge in [-0.1, -0.05) is 30.3 Å². The van der Waals surface area contributed by atoms with Crippen molar-refractivity contribution >= 4 is 34.4 Å². The molecule has 1 aliphatic carbocycles. The van der Waals surface area contributed by atoms with Gasteiger partial charge in [0.2, 0.25) is 0 Å². The van der Waals surface area contributed by atoms with Gasteiger partial charge in [0.25, 0.3) is 0 Å². The standard InChI is InChI=1S/C29H25NO4/c1-5-30(6-2)26-16(3)13-19(14-17(26)4)24-22-12-11-18(15-23(22)34-29(24)33)25-27(31)20-9-7-8-10-21(20)28(25)32/h7-15H,5-6H2,1-4H3. The molecule has 0 amide bonds. The summed E-state index contributed by atoms with van der Waals surface area (Å²) in [6, 6.07) is 16.0. The molecule has 1 aliphatic heterocycles. The number of hydrogen-bond acceptors (Lipinski definition) is 5. The molecule has 0 aromatic heterocycles. The molecule has 1 heterocycles. The van der Waals surface area contributed by atoms with Crippen molar-refractivity contribution in [1.82, 2.24) is 0 Å². The number of carbonyl (C=O) groups is 3. The predicted octanol–water partition coefficient (Wildman–Crippen LogP) is 3.50. The molecule has 0 N–H and O–H groups in total. The van der Waals surface area contributed by atoms with Crippen molar-refractivity contribution in [3.05, 3.63) is 92.9 Å². The van der Waals surface area contributed by atoms with Gasteiger partial charge in [-0.3, -0.25) is 9.59 Å². The van der Waals surface area contributed by atoms with Crippen LogP contribution < -0.4 is 20.1 Å². The van der Waals surface area contributed by atoms with E-state index in [1.165, 1.54) is 5.69 Å². The molecule has 0 unspecified atom stereocenters. The molecule has 5 rings (SSSR count). The molecule has 0 atom stereocenters. The highest BCUT2D eigenvalue weighted by atomic mass is 16.5. The second kappa shape index (κ2) is 8.10. The van der Waals surface area contributed by atoms with Crippen LogP contribution in [0.15, 0.2) is 54.6 Å². The normalized spacial score (nSPS) is 14.4. The highest BCUT2D eigenvalue weighted by molar-refractivity contribution is 6.55. The van der Waals surface area contributed by atoms with Crippen molar-refractivity contribution in [2.75, 3.05) is 18.0 Å². The minimum Gasteiger partial charge on any atom is -0.422 e. The molecule has 170 valence electrons. The summed E-state index contributed by atoms with van der Waals surface area (Å²) in [5, 5.41) is 1.13. The zero-order valence-corrected chi connectivity index (χ0v) is 19.7. The topological polar surface area (TPSA) is 63.7 Å². The van der Waals surface area contributed by atoms with Crippen LogP contribution in [0.4, 0.5) is 5.69 Å². The first kappa shape index (κ1) is 21.8. The van der Waals surface area contributed by atoms with Crippen LogP contribution in [0, 0.1) is 13.8 Å². The number of ether oxygens (including phenoxy) is 1. The number of carbonyl (C=O) groups excluding carboxylic acids is 3. The molecule has 0 spiro atoms. The lowest BCUT2D eigenvalue weighted by Crippen LogP contribution is -2.24. The van der Waals surface area contributed by atoms with Crippen LogP contribution in [0.5, 0.6) is 5.75 Å². The summed E-state index contributed by atoms with van der Waals surface area (Å²) in [6.45, 7) is 10.2. The molecule has 3 aromatic rings. The van der Waals surface area contributed by atoms with Gasteiger partial charge in [0.1, 0.15) is 5.75 Å². The lowest BCUT2D eigenvalue weighted by atomic mass is 9.96. The lowest BCUT2D eigenvalue weighted by molar-refractivity contribution is -0.127. The van der Waals surface area contributed by atoms with Gasteiger partial charge in [-0.05, 0) is 73.9 Å². The first-order valence-electron chi connectivity index (χ1n) is 11.5. The maximum absolute atomic E-state index is 12.9. The Labute approximate surface area is 198 Å². The van der Waals surface area contributed by atoms with Crippen LogP contribution >= 0.6 is 0 Å². The van der Waals surface area contributed by atoms with Gasteiger partial charge in [0.05, 0.1) is 11.1 Å². The Kier molecular flexibility index (Phi) is 5.20. The molecular formula is C29H25NO4. The van der Waals surface area contributed by atoms with Crippen LogP contribution in [-0.2, 0) is 4.79 Å². The number of anilines is 1. The molecule has 0 saturated carbocycles. The number of aryl methyl sites for hydroxylation is 2. The van der Waals surface area contributed by atoms with E-state index in [1.807, 2.05) is 12.1 Å². The van der Waals surface area contributed by atoms with Crippen LogP contribution in [0.3, 0.4) is 0 Å². The minimum atomic E-state index is -0.432. The number of Topliss-reactive ketones (excluding diaryl/α,β-unsaturated/α-hetero) is 2. The summed E-state index contributed by atoms with van der Waals surface area (Å²) < 4.78 is 5.60. The molecule has 2 aliphatic rings. The van der Waals surface area contributed by atoms with Crippen molar-refractivity contribution in [2.45, 2.75) is 27.7 Å². The summed E-state index contributed by atoms with van der Waals surface area (Å²) in [7, 11) is 0. The van der Waals surface area contributed by atoms with Crippen molar-refractivity contribution in [3.8, 4) is 5.75 Å². The average molecular weight is 452 g/mol. The third-order valence-corrected chi connectivity index (χ3v) is 6.68. The van der Waals surface area contributed by atoms with Gasteiger partial charge in [-0.15, -0.1) is 0 Å². The van der Waals surface area contributed by atoms with Crippen molar-refractivity contribution in [2.24, 2.45) is 0 Å². The second-order valence-corrected chi connectivity index (χ2v) is 8.69. The molecule has 34 heavy (non-hydrogen) atoms. The lowest BCUT2D eigenvalue weighted by Gasteiger charge is -2.26. The quantitative estimate of drug-likeness (QED) is 0.449. The van der Waals surface area contributed by atoms with E-state index in [-0.39, 0.29) is 17.1 Å². The monoisotopic (exact) mass is 451 g/mol. The van der Waals surface area contributed by atoms with Crippen LogP contribution in [0.1, 0.15) is 51.3 Å². The van der Waals surface area contributed by atoms with Gasteiger partial charge in [0.15, 0.2) is 11.6 Å². The number of fused-ring (bicyclic) bond motifs is 2. The van der Waals surface area contributed by atoms with Gasteiger partial charge < -0.3 is 9.64 Å². The number of ketones is 2. The third kappa shape index (κ3) is 3.19. The Hall–Kier alpha value is -3.99. The van der Waals surface area contributed by atoms with Crippen molar-refractivity contribution in [3.63, 3.8) is 0 Å². The summed E-state index contributed by atoms with van der Waals surface area (Å²) >= 11 is 0. The van der Waals surface area contributed by atoms with E-state index < -0.39 is 5.97 Å². The summed E-state index contributed by atoms with van der Waals surface area (Å²) in [5.74, 6) is -0.664. The maximum atomic E-state index is 12.9. The Morgan fingerprint density at radius 2 is 1.35 bits per heavy atom. The van der Waals surface area contributed by atoms with Crippen LogP contribution in [0.25, 0.3) is 11.1 Å². The fraction of sp³-hybridized carbons (Fsp3) is 0.207. The third-order valence-electron chi connectivity index (χ3n) is 6.68. The smallest absolute Gasteiger partial charge is 0.344 e. The average Bonchev–Trinajstić information content (AvgIpc) is 3.28. The SMILES string of the molecule is CCN(CC)c1c(C)cc(C2=c3ccc(=C4C(=O)c5ccccc5C4=O)cc3OC2=O)cc1C. The van der Waals surface area contributed by atoms with E-state index in [4.69, 9.17) is 4.74 Å². The Bertz CT molecular complexity index is 1470. The van der Waals surface area contributed by atoms with Crippen molar-refractivity contribution in [1.29, 1.82) is 0 Å². The van der Waals surface area contributed by atoms with Gasteiger partial charge >= 0.3 is 5.97 Å². The number of hydrogen-bond donors (Lipinski definition) is 0. The van der Waals surface area contributed by atoms with E-state index in [0.717, 1.165) is 29.8 Å². The maximum Gasteiger partial charge on any atom is 0.344 e. The first-order chi connectivity index (χ1) is 16.3. The summed E-state index contributed by atoms with van der Waals surface area (Å²) in [4.78, 5) is 41.0. The molecule has 0 radical (unpaired) electrons. The molecule has 0 fully saturated rings. The fourth-order valence-electron chi connectivity index (χ4n) is 5.16. The highest BCUT2D eigenvalue weighted by Gasteiger charge is 2.34. The van der Waals surface area contributed by atoms with E-state index in [0.29, 0.717) is 32.9 Å². The zero-order valence-electron chi connectivity index (χ0n) is 19.7. The van der Waals surface area contributed by atoms with E-state index in [9.17, 15) is 14.4 Å². The van der Waals surface area contributed by atoms with E-state index >= 15 is 0 Å². The Morgan fingerprint density at radius 1 is 0.765 bits per heavy atom. The molecule has 3 aromatic carbocycles. The van der Waals surface area contributed by atoms with Gasteiger partial charge in [0, 0.05) is 35.1 Å².